The zero-order chi connectivity index (χ0) is 17.7. The number of aliphatic hydroxyl groups is 1. The average molecular weight is 370 g/mol. The maximum atomic E-state index is 10.1. The van der Waals surface area contributed by atoms with Crippen LogP contribution in [0.2, 0.25) is 0 Å². The summed E-state index contributed by atoms with van der Waals surface area (Å²) in [5.74, 6) is 0. The fourth-order valence-electron chi connectivity index (χ4n) is 3.29. The summed E-state index contributed by atoms with van der Waals surface area (Å²) in [4.78, 5) is -0.526. The van der Waals surface area contributed by atoms with Gasteiger partial charge in [-0.2, -0.15) is 0 Å². The van der Waals surface area contributed by atoms with Gasteiger partial charge in [0.25, 0.3) is 0 Å². The molecule has 0 aliphatic carbocycles. The molecule has 2 atom stereocenters. The molecule has 2 nitrogen and oxygen atoms in total. The number of halogens is 1. The van der Waals surface area contributed by atoms with E-state index in [0.29, 0.717) is 0 Å². The van der Waals surface area contributed by atoms with Crippen molar-refractivity contribution in [3.05, 3.63) is 35.9 Å². The van der Waals surface area contributed by atoms with E-state index in [2.05, 4.69) is 19.1 Å². The van der Waals surface area contributed by atoms with Crippen LogP contribution in [0.5, 0.6) is 0 Å². The van der Waals surface area contributed by atoms with E-state index in [1.54, 1.807) is 0 Å². The zero-order valence-electron chi connectivity index (χ0n) is 16.5. The van der Waals surface area contributed by atoms with Crippen LogP contribution in [-0.4, -0.2) is 16.1 Å². The summed E-state index contributed by atoms with van der Waals surface area (Å²) < 4.78 is 0. The first-order valence-corrected chi connectivity index (χ1v) is 10.4. The molecule has 0 bridgehead atoms. The van der Waals surface area contributed by atoms with Crippen LogP contribution >= 0.6 is 11.6 Å². The van der Waals surface area contributed by atoms with E-state index in [1.807, 2.05) is 25.1 Å². The number of aliphatic hydroxyl groups excluding tert-OH is 1. The maximum Gasteiger partial charge on any atom is 0.0742 e. The van der Waals surface area contributed by atoms with Crippen LogP contribution in [0.15, 0.2) is 30.3 Å². The van der Waals surface area contributed by atoms with Crippen LogP contribution in [0, 0.1) is 0 Å². The molecule has 0 radical (unpaired) electrons. The molecule has 0 saturated heterocycles. The van der Waals surface area contributed by atoms with Gasteiger partial charge < -0.3 is 11.3 Å². The first-order valence-electron chi connectivity index (χ1n) is 9.99. The van der Waals surface area contributed by atoms with Crippen molar-refractivity contribution in [3.63, 3.8) is 0 Å². The Bertz CT molecular complexity index is 410. The van der Waals surface area contributed by atoms with Gasteiger partial charge in [0.2, 0.25) is 0 Å². The van der Waals surface area contributed by atoms with Crippen LogP contribution in [0.3, 0.4) is 0 Å². The molecule has 0 heterocycles. The summed E-state index contributed by atoms with van der Waals surface area (Å²) >= 11 is 6.77. The van der Waals surface area contributed by atoms with Crippen molar-refractivity contribution in [2.45, 2.75) is 102 Å². The Morgan fingerprint density at radius 3 is 1.84 bits per heavy atom. The molecular weight excluding hydrogens is 330 g/mol. The smallest absolute Gasteiger partial charge is 0.0742 e. The molecule has 25 heavy (non-hydrogen) atoms. The highest BCUT2D eigenvalue weighted by atomic mass is 35.5. The third-order valence-electron chi connectivity index (χ3n) is 5.04. The molecule has 2 unspecified atom stereocenters. The minimum Gasteiger partial charge on any atom is -0.392 e. The lowest BCUT2D eigenvalue weighted by atomic mass is 9.88. The first-order chi connectivity index (χ1) is 11.6. The lowest BCUT2D eigenvalue weighted by Crippen LogP contribution is -2.37. The van der Waals surface area contributed by atoms with Gasteiger partial charge in [-0.15, -0.1) is 11.6 Å². The summed E-state index contributed by atoms with van der Waals surface area (Å²) in [6, 6.07) is 10.3. The number of alkyl halides is 1. The van der Waals surface area contributed by atoms with Gasteiger partial charge in [0.15, 0.2) is 0 Å². The Morgan fingerprint density at radius 2 is 1.36 bits per heavy atom. The highest BCUT2D eigenvalue weighted by Gasteiger charge is 2.32. The third-order valence-corrected chi connectivity index (χ3v) is 5.67. The van der Waals surface area contributed by atoms with Crippen LogP contribution < -0.4 is 6.15 Å². The van der Waals surface area contributed by atoms with Gasteiger partial charge in [-0.05, 0) is 25.3 Å². The Morgan fingerprint density at radius 1 is 0.880 bits per heavy atom. The lowest BCUT2D eigenvalue weighted by molar-refractivity contribution is 0.134. The molecule has 3 heteroatoms. The normalized spacial score (nSPS) is 14.6. The molecule has 0 spiro atoms. The minimum absolute atomic E-state index is 0. The van der Waals surface area contributed by atoms with Crippen molar-refractivity contribution >= 4 is 11.6 Å². The van der Waals surface area contributed by atoms with Gasteiger partial charge in [0, 0.05) is 0 Å². The van der Waals surface area contributed by atoms with E-state index >= 15 is 0 Å². The van der Waals surface area contributed by atoms with Crippen LogP contribution in [0.1, 0.15) is 90.0 Å². The standard InChI is InChI=1S/C22H37ClO.H3N/c1-3-4-5-6-7-8-9-10-11-15-18-22(23,20(2)24)19-21-16-13-12-14-17-21;/h12-14,16-17,20,24H,3-11,15,18-19H2,1-2H3;1H3. The van der Waals surface area contributed by atoms with Gasteiger partial charge in [-0.1, -0.05) is 101 Å². The highest BCUT2D eigenvalue weighted by molar-refractivity contribution is 6.24. The van der Waals surface area contributed by atoms with E-state index in [-0.39, 0.29) is 6.15 Å². The van der Waals surface area contributed by atoms with Gasteiger partial charge >= 0.3 is 0 Å². The Labute approximate surface area is 161 Å². The maximum absolute atomic E-state index is 10.1. The SMILES string of the molecule is CCCCCCCCCCCCC(Cl)(Cc1ccccc1)C(C)O.N. The fraction of sp³-hybridized carbons (Fsp3) is 0.727. The molecular formula is C22H40ClNO. The molecule has 0 saturated carbocycles. The number of unbranched alkanes of at least 4 members (excludes halogenated alkanes) is 9. The van der Waals surface area contributed by atoms with Crippen LogP contribution in [0.4, 0.5) is 0 Å². The summed E-state index contributed by atoms with van der Waals surface area (Å²) in [5.41, 5.74) is 1.21. The molecule has 0 fully saturated rings. The van der Waals surface area contributed by atoms with Gasteiger partial charge in [0.1, 0.15) is 0 Å². The topological polar surface area (TPSA) is 55.2 Å². The molecule has 1 aromatic rings. The number of hydrogen-bond acceptors (Lipinski definition) is 2. The quantitative estimate of drug-likeness (QED) is 0.272. The highest BCUT2D eigenvalue weighted by Crippen LogP contribution is 2.31. The monoisotopic (exact) mass is 369 g/mol. The van der Waals surface area contributed by atoms with E-state index in [1.165, 1.54) is 63.4 Å². The Kier molecular flexibility index (Phi) is 14.3. The number of hydrogen-bond donors (Lipinski definition) is 2. The van der Waals surface area contributed by atoms with Gasteiger partial charge in [0.05, 0.1) is 11.0 Å². The van der Waals surface area contributed by atoms with E-state index in [9.17, 15) is 5.11 Å². The van der Waals surface area contributed by atoms with Crippen LogP contribution in [0.25, 0.3) is 0 Å². The largest absolute Gasteiger partial charge is 0.392 e. The summed E-state index contributed by atoms with van der Waals surface area (Å²) in [6.45, 7) is 4.09. The van der Waals surface area contributed by atoms with Crippen molar-refractivity contribution in [3.8, 4) is 0 Å². The second-order valence-electron chi connectivity index (χ2n) is 7.30. The Hall–Kier alpha value is -0.570. The van der Waals surface area contributed by atoms with Gasteiger partial charge in [-0.25, -0.2) is 0 Å². The molecule has 1 rings (SSSR count). The van der Waals surface area contributed by atoms with Crippen LogP contribution in [-0.2, 0) is 6.42 Å². The van der Waals surface area contributed by atoms with E-state index < -0.39 is 11.0 Å². The Balaban J connectivity index is 0.00000576. The fourth-order valence-corrected chi connectivity index (χ4v) is 3.57. The molecule has 1 aromatic carbocycles. The molecule has 4 N–H and O–H groups in total. The lowest BCUT2D eigenvalue weighted by Gasteiger charge is -2.30. The van der Waals surface area contributed by atoms with E-state index in [0.717, 1.165) is 19.3 Å². The van der Waals surface area contributed by atoms with Crippen molar-refractivity contribution in [2.75, 3.05) is 0 Å². The predicted octanol–water partition coefficient (Wildman–Crippen LogP) is 7.06. The number of benzene rings is 1. The average Bonchev–Trinajstić information content (AvgIpc) is 2.57. The second-order valence-corrected chi connectivity index (χ2v) is 8.06. The summed E-state index contributed by atoms with van der Waals surface area (Å²) in [5, 5.41) is 10.1. The zero-order valence-corrected chi connectivity index (χ0v) is 17.2. The second kappa shape index (κ2) is 14.6. The molecule has 0 aliphatic rings. The number of rotatable bonds is 14. The van der Waals surface area contributed by atoms with Crippen molar-refractivity contribution < 1.29 is 5.11 Å². The minimum atomic E-state index is -0.526. The third kappa shape index (κ3) is 10.9. The van der Waals surface area contributed by atoms with Crippen molar-refractivity contribution in [1.82, 2.24) is 6.15 Å². The van der Waals surface area contributed by atoms with Crippen molar-refractivity contribution in [1.29, 1.82) is 0 Å². The van der Waals surface area contributed by atoms with Crippen molar-refractivity contribution in [2.24, 2.45) is 0 Å². The first kappa shape index (κ1) is 24.4. The summed E-state index contributed by atoms with van der Waals surface area (Å²) in [6.07, 6.45) is 14.4. The summed E-state index contributed by atoms with van der Waals surface area (Å²) in [7, 11) is 0. The molecule has 146 valence electrons. The van der Waals surface area contributed by atoms with Gasteiger partial charge in [-0.3, -0.25) is 0 Å². The predicted molar refractivity (Wildman–Crippen MR) is 112 cm³/mol. The van der Waals surface area contributed by atoms with E-state index in [4.69, 9.17) is 11.6 Å². The molecule has 0 amide bonds. The molecule has 0 aliphatic heterocycles. The molecule has 0 aromatic heterocycles.